The first-order valence-corrected chi connectivity index (χ1v) is 5.47. The molecule has 18 heavy (non-hydrogen) atoms. The van der Waals surface area contributed by atoms with Crippen molar-refractivity contribution in [2.24, 2.45) is 0 Å². The molecule has 0 radical (unpaired) electrons. The summed E-state index contributed by atoms with van der Waals surface area (Å²) in [4.78, 5) is 24.1. The quantitative estimate of drug-likeness (QED) is 0.844. The lowest BCUT2D eigenvalue weighted by molar-refractivity contribution is -0.117. The lowest BCUT2D eigenvalue weighted by atomic mass is 10.2. The summed E-state index contributed by atoms with van der Waals surface area (Å²) < 4.78 is 10.2. The molecule has 1 saturated heterocycles. The zero-order valence-corrected chi connectivity index (χ0v) is 10.6. The van der Waals surface area contributed by atoms with Gasteiger partial charge in [0.1, 0.15) is 18.0 Å². The predicted octanol–water partition coefficient (Wildman–Crippen LogP) is 1.41. The predicted molar refractivity (Wildman–Crippen MR) is 65.4 cm³/mol. The molecule has 0 aromatic heterocycles. The Kier molecular flexibility index (Phi) is 3.29. The Balaban J connectivity index is 2.48. The van der Waals surface area contributed by atoms with Crippen molar-refractivity contribution in [2.45, 2.75) is 0 Å². The van der Waals surface area contributed by atoms with Crippen LogP contribution in [0, 0.1) is 0 Å². The van der Waals surface area contributed by atoms with Crippen LogP contribution in [0.5, 0.6) is 11.5 Å². The fraction of sp³-hybridized carbons (Fsp3) is 0.273. The van der Waals surface area contributed by atoms with Gasteiger partial charge in [-0.1, -0.05) is 11.6 Å². The van der Waals surface area contributed by atoms with E-state index in [-0.39, 0.29) is 12.5 Å². The number of anilines is 1. The van der Waals surface area contributed by atoms with Crippen LogP contribution in [0.2, 0.25) is 5.02 Å². The van der Waals surface area contributed by atoms with Gasteiger partial charge in [0, 0.05) is 12.1 Å². The topological polar surface area (TPSA) is 67.9 Å². The maximum absolute atomic E-state index is 11.6. The normalized spacial score (nSPS) is 14.7. The fourth-order valence-corrected chi connectivity index (χ4v) is 1.92. The molecule has 3 amide bonds. The molecular formula is C11H11ClN2O4. The standard InChI is InChI=1S/C11H11ClN2O4/c1-17-8-4-7(9(18-2)3-6(8)12)14-5-10(15)13-11(14)16/h3-4H,5H2,1-2H3,(H,13,15,16). The molecule has 0 aliphatic carbocycles. The molecule has 0 saturated carbocycles. The molecule has 1 fully saturated rings. The third-order valence-corrected chi connectivity index (χ3v) is 2.83. The van der Waals surface area contributed by atoms with Gasteiger partial charge in [-0.3, -0.25) is 15.0 Å². The monoisotopic (exact) mass is 270 g/mol. The van der Waals surface area contributed by atoms with Gasteiger partial charge in [0.2, 0.25) is 5.91 Å². The summed E-state index contributed by atoms with van der Waals surface area (Å²) in [5, 5.41) is 2.55. The molecular weight excluding hydrogens is 260 g/mol. The summed E-state index contributed by atoms with van der Waals surface area (Å²) in [5.41, 5.74) is 0.433. The van der Waals surface area contributed by atoms with Crippen LogP contribution < -0.4 is 19.7 Å². The highest BCUT2D eigenvalue weighted by Gasteiger charge is 2.30. The SMILES string of the molecule is COc1cc(N2CC(=O)NC2=O)c(OC)cc1Cl. The number of rotatable bonds is 3. The highest BCUT2D eigenvalue weighted by molar-refractivity contribution is 6.32. The number of benzene rings is 1. The maximum Gasteiger partial charge on any atom is 0.329 e. The minimum Gasteiger partial charge on any atom is -0.495 e. The third-order valence-electron chi connectivity index (χ3n) is 2.54. The fourth-order valence-electron chi connectivity index (χ4n) is 1.69. The molecule has 1 heterocycles. The van der Waals surface area contributed by atoms with E-state index in [0.717, 1.165) is 0 Å². The largest absolute Gasteiger partial charge is 0.495 e. The van der Waals surface area contributed by atoms with E-state index >= 15 is 0 Å². The lowest BCUT2D eigenvalue weighted by Crippen LogP contribution is -2.28. The van der Waals surface area contributed by atoms with E-state index in [1.807, 2.05) is 0 Å². The highest BCUT2D eigenvalue weighted by Crippen LogP contribution is 2.38. The zero-order valence-electron chi connectivity index (χ0n) is 9.82. The van der Waals surface area contributed by atoms with Crippen molar-refractivity contribution in [3.8, 4) is 11.5 Å². The first-order valence-electron chi connectivity index (χ1n) is 5.09. The minimum atomic E-state index is -0.498. The number of nitrogens with one attached hydrogen (secondary N) is 1. The molecule has 0 unspecified atom stereocenters. The Morgan fingerprint density at radius 3 is 2.39 bits per heavy atom. The van der Waals surface area contributed by atoms with Crippen LogP contribution in [-0.2, 0) is 4.79 Å². The van der Waals surface area contributed by atoms with Gasteiger partial charge in [0.05, 0.1) is 24.9 Å². The minimum absolute atomic E-state index is 0.0556. The number of ether oxygens (including phenoxy) is 2. The van der Waals surface area contributed by atoms with Gasteiger partial charge in [-0.2, -0.15) is 0 Å². The Morgan fingerprint density at radius 1 is 1.22 bits per heavy atom. The van der Waals surface area contributed by atoms with Crippen LogP contribution in [0.15, 0.2) is 12.1 Å². The van der Waals surface area contributed by atoms with Gasteiger partial charge in [-0.25, -0.2) is 4.79 Å². The van der Waals surface area contributed by atoms with Crippen LogP contribution in [0.4, 0.5) is 10.5 Å². The van der Waals surface area contributed by atoms with Crippen LogP contribution >= 0.6 is 11.6 Å². The Labute approximate surface area is 108 Å². The van der Waals surface area contributed by atoms with E-state index in [1.54, 1.807) is 6.07 Å². The number of hydrogen-bond acceptors (Lipinski definition) is 4. The Bertz CT molecular complexity index is 518. The summed E-state index contributed by atoms with van der Waals surface area (Å²) in [6, 6.07) is 2.59. The number of hydrogen-bond donors (Lipinski definition) is 1. The molecule has 2 rings (SSSR count). The van der Waals surface area contributed by atoms with Gasteiger partial charge >= 0.3 is 6.03 Å². The van der Waals surface area contributed by atoms with Crippen molar-refractivity contribution in [1.82, 2.24) is 5.32 Å². The first-order chi connectivity index (χ1) is 8.56. The van der Waals surface area contributed by atoms with Crippen molar-refractivity contribution >= 4 is 29.2 Å². The molecule has 0 atom stereocenters. The van der Waals surface area contributed by atoms with E-state index in [0.29, 0.717) is 22.2 Å². The molecule has 1 aliphatic rings. The van der Waals surface area contributed by atoms with Crippen LogP contribution in [0.1, 0.15) is 0 Å². The zero-order chi connectivity index (χ0) is 13.3. The van der Waals surface area contributed by atoms with Crippen molar-refractivity contribution in [3.05, 3.63) is 17.2 Å². The molecule has 1 aromatic rings. The average Bonchev–Trinajstić information content (AvgIpc) is 2.68. The molecule has 6 nitrogen and oxygen atoms in total. The number of carbonyl (C=O) groups is 2. The van der Waals surface area contributed by atoms with Gasteiger partial charge in [0.15, 0.2) is 0 Å². The van der Waals surface area contributed by atoms with Crippen LogP contribution in [0.3, 0.4) is 0 Å². The van der Waals surface area contributed by atoms with E-state index in [1.165, 1.54) is 25.2 Å². The summed E-state index contributed by atoms with van der Waals surface area (Å²) in [7, 11) is 2.92. The number of carbonyl (C=O) groups excluding carboxylic acids is 2. The van der Waals surface area contributed by atoms with E-state index < -0.39 is 6.03 Å². The lowest BCUT2D eigenvalue weighted by Gasteiger charge is -2.18. The molecule has 1 N–H and O–H groups in total. The van der Waals surface area contributed by atoms with Crippen LogP contribution in [0.25, 0.3) is 0 Å². The van der Waals surface area contributed by atoms with E-state index in [4.69, 9.17) is 21.1 Å². The van der Waals surface area contributed by atoms with Crippen molar-refractivity contribution < 1.29 is 19.1 Å². The molecule has 96 valence electrons. The number of nitrogens with zero attached hydrogens (tertiary/aromatic N) is 1. The third kappa shape index (κ3) is 2.06. The molecule has 0 spiro atoms. The van der Waals surface area contributed by atoms with Gasteiger partial charge in [-0.15, -0.1) is 0 Å². The van der Waals surface area contributed by atoms with Crippen molar-refractivity contribution in [3.63, 3.8) is 0 Å². The van der Waals surface area contributed by atoms with Crippen LogP contribution in [-0.4, -0.2) is 32.7 Å². The number of imide groups is 1. The first kappa shape index (κ1) is 12.5. The smallest absolute Gasteiger partial charge is 0.329 e. The van der Waals surface area contributed by atoms with E-state index in [2.05, 4.69) is 5.32 Å². The van der Waals surface area contributed by atoms with Gasteiger partial charge < -0.3 is 9.47 Å². The summed E-state index contributed by atoms with van der Waals surface area (Å²) in [6.07, 6.45) is 0. The average molecular weight is 271 g/mol. The maximum atomic E-state index is 11.6. The summed E-state index contributed by atoms with van der Waals surface area (Å²) in [6.45, 7) is -0.0556. The number of halogens is 1. The second kappa shape index (κ2) is 4.73. The molecule has 1 aromatic carbocycles. The van der Waals surface area contributed by atoms with Gasteiger partial charge in [0.25, 0.3) is 0 Å². The van der Waals surface area contributed by atoms with E-state index in [9.17, 15) is 9.59 Å². The summed E-state index contributed by atoms with van der Waals surface area (Å²) >= 11 is 5.96. The summed E-state index contributed by atoms with van der Waals surface area (Å²) in [5.74, 6) is 0.432. The number of methoxy groups -OCH3 is 2. The molecule has 0 bridgehead atoms. The number of urea groups is 1. The molecule has 7 heteroatoms. The van der Waals surface area contributed by atoms with Gasteiger partial charge in [-0.05, 0) is 0 Å². The second-order valence-electron chi connectivity index (χ2n) is 3.60. The van der Waals surface area contributed by atoms with Crippen molar-refractivity contribution in [2.75, 3.05) is 25.7 Å². The molecule has 1 aliphatic heterocycles. The highest BCUT2D eigenvalue weighted by atomic mass is 35.5. The Hall–Kier alpha value is -1.95. The number of amides is 3. The van der Waals surface area contributed by atoms with Crippen molar-refractivity contribution in [1.29, 1.82) is 0 Å². The second-order valence-corrected chi connectivity index (χ2v) is 4.01. The Morgan fingerprint density at radius 2 is 1.89 bits per heavy atom.